The molecule has 4 nitrogen and oxygen atoms in total. The van der Waals surface area contributed by atoms with Crippen molar-refractivity contribution < 1.29 is 15.0 Å². The minimum absolute atomic E-state index is 0.461. The third kappa shape index (κ3) is 2.38. The molecule has 0 aromatic rings. The van der Waals surface area contributed by atoms with Crippen LogP contribution in [0, 0.1) is 0 Å². The summed E-state index contributed by atoms with van der Waals surface area (Å²) in [5.41, 5.74) is -1.54. The third-order valence-electron chi connectivity index (χ3n) is 4.05. The quantitative estimate of drug-likeness (QED) is 0.749. The average molecular weight is 229 g/mol. The summed E-state index contributed by atoms with van der Waals surface area (Å²) in [7, 11) is 0. The van der Waals surface area contributed by atoms with Gasteiger partial charge in [0.25, 0.3) is 0 Å². The SMILES string of the molecule is CCC(O)(CC)CN1CCCC1(C)C(=O)O. The van der Waals surface area contributed by atoms with Crippen molar-refractivity contribution in [2.45, 2.75) is 57.6 Å². The van der Waals surface area contributed by atoms with Gasteiger partial charge in [0.1, 0.15) is 5.54 Å². The van der Waals surface area contributed by atoms with Gasteiger partial charge >= 0.3 is 5.97 Å². The zero-order chi connectivity index (χ0) is 12.4. The lowest BCUT2D eigenvalue weighted by Crippen LogP contribution is -2.53. The number of hydrogen-bond acceptors (Lipinski definition) is 3. The first-order valence-electron chi connectivity index (χ1n) is 6.09. The lowest BCUT2D eigenvalue weighted by Gasteiger charge is -2.37. The van der Waals surface area contributed by atoms with E-state index < -0.39 is 17.1 Å². The van der Waals surface area contributed by atoms with Crippen LogP contribution in [0.25, 0.3) is 0 Å². The van der Waals surface area contributed by atoms with Crippen LogP contribution in [0.3, 0.4) is 0 Å². The molecule has 1 fully saturated rings. The summed E-state index contributed by atoms with van der Waals surface area (Å²) in [6.07, 6.45) is 2.89. The molecule has 0 aliphatic carbocycles. The fourth-order valence-corrected chi connectivity index (χ4v) is 2.34. The van der Waals surface area contributed by atoms with Crippen LogP contribution in [0.4, 0.5) is 0 Å². The number of rotatable bonds is 5. The van der Waals surface area contributed by atoms with Gasteiger partial charge in [-0.15, -0.1) is 0 Å². The summed E-state index contributed by atoms with van der Waals surface area (Å²) in [6.45, 7) is 6.87. The van der Waals surface area contributed by atoms with Gasteiger partial charge in [0, 0.05) is 6.54 Å². The Morgan fingerprint density at radius 1 is 1.44 bits per heavy atom. The highest BCUT2D eigenvalue weighted by Gasteiger charge is 2.45. The number of likely N-dealkylation sites (tertiary alicyclic amines) is 1. The smallest absolute Gasteiger partial charge is 0.323 e. The summed E-state index contributed by atoms with van der Waals surface area (Å²) in [4.78, 5) is 13.2. The normalized spacial score (nSPS) is 27.2. The number of carboxylic acids is 1. The zero-order valence-corrected chi connectivity index (χ0v) is 10.5. The van der Waals surface area contributed by atoms with E-state index in [4.69, 9.17) is 0 Å². The van der Waals surface area contributed by atoms with Gasteiger partial charge in [0.15, 0.2) is 0 Å². The fourth-order valence-electron chi connectivity index (χ4n) is 2.34. The number of hydrogen-bond donors (Lipinski definition) is 2. The predicted molar refractivity (Wildman–Crippen MR) is 62.4 cm³/mol. The summed E-state index contributed by atoms with van der Waals surface area (Å²) in [5, 5.41) is 19.5. The Balaban J connectivity index is 2.77. The molecule has 0 spiro atoms. The van der Waals surface area contributed by atoms with E-state index >= 15 is 0 Å². The molecule has 0 aromatic carbocycles. The van der Waals surface area contributed by atoms with Gasteiger partial charge in [-0.05, 0) is 39.2 Å². The summed E-state index contributed by atoms with van der Waals surface area (Å²) in [6, 6.07) is 0. The maximum absolute atomic E-state index is 11.3. The van der Waals surface area contributed by atoms with Crippen molar-refractivity contribution in [3.05, 3.63) is 0 Å². The number of nitrogens with zero attached hydrogens (tertiary/aromatic N) is 1. The largest absolute Gasteiger partial charge is 0.480 e. The first-order chi connectivity index (χ1) is 7.38. The molecule has 1 saturated heterocycles. The number of aliphatic carboxylic acids is 1. The van der Waals surface area contributed by atoms with Crippen LogP contribution in [-0.4, -0.2) is 45.3 Å². The molecule has 94 valence electrons. The van der Waals surface area contributed by atoms with Crippen LogP contribution < -0.4 is 0 Å². The first-order valence-corrected chi connectivity index (χ1v) is 6.09. The van der Waals surface area contributed by atoms with Gasteiger partial charge in [-0.1, -0.05) is 13.8 Å². The Kier molecular flexibility index (Phi) is 3.97. The minimum atomic E-state index is -0.793. The standard InChI is InChI=1S/C12H23NO3/c1-4-12(16,5-2)9-13-8-6-7-11(13,3)10(14)15/h16H,4-9H2,1-3H3,(H,14,15). The summed E-state index contributed by atoms with van der Waals surface area (Å²) in [5.74, 6) is -0.778. The molecule has 1 aliphatic heterocycles. The van der Waals surface area contributed by atoms with Crippen LogP contribution in [0.2, 0.25) is 0 Å². The van der Waals surface area contributed by atoms with E-state index in [2.05, 4.69) is 0 Å². The fraction of sp³-hybridized carbons (Fsp3) is 0.917. The molecule has 0 amide bonds. The molecule has 1 rings (SSSR count). The van der Waals surface area contributed by atoms with E-state index in [1.807, 2.05) is 18.7 Å². The molecular weight excluding hydrogens is 206 g/mol. The van der Waals surface area contributed by atoms with Gasteiger partial charge in [-0.2, -0.15) is 0 Å². The molecular formula is C12H23NO3. The molecule has 1 unspecified atom stereocenters. The van der Waals surface area contributed by atoms with E-state index in [-0.39, 0.29) is 0 Å². The number of β-amino-alcohol motifs (C(OH)–C–C–N with tert-alkyl or cyclic N) is 1. The lowest BCUT2D eigenvalue weighted by atomic mass is 9.93. The van der Waals surface area contributed by atoms with Crippen LogP contribution in [0.5, 0.6) is 0 Å². The van der Waals surface area contributed by atoms with E-state index in [1.165, 1.54) is 0 Å². The third-order valence-corrected chi connectivity index (χ3v) is 4.05. The van der Waals surface area contributed by atoms with Crippen molar-refractivity contribution in [3.8, 4) is 0 Å². The maximum Gasteiger partial charge on any atom is 0.323 e. The Labute approximate surface area is 97.3 Å². The molecule has 1 aliphatic rings. The second kappa shape index (κ2) is 4.72. The molecule has 4 heteroatoms. The summed E-state index contributed by atoms with van der Waals surface area (Å²) >= 11 is 0. The van der Waals surface area contributed by atoms with Crippen LogP contribution in [-0.2, 0) is 4.79 Å². The number of carboxylic acid groups (broad SMARTS) is 1. The van der Waals surface area contributed by atoms with Crippen molar-refractivity contribution in [1.82, 2.24) is 4.90 Å². The van der Waals surface area contributed by atoms with Crippen molar-refractivity contribution in [2.24, 2.45) is 0 Å². The highest BCUT2D eigenvalue weighted by molar-refractivity contribution is 5.78. The predicted octanol–water partition coefficient (Wildman–Crippen LogP) is 1.48. The lowest BCUT2D eigenvalue weighted by molar-refractivity contribution is -0.150. The maximum atomic E-state index is 11.3. The average Bonchev–Trinajstić information content (AvgIpc) is 2.61. The Morgan fingerprint density at radius 2 is 2.00 bits per heavy atom. The monoisotopic (exact) mass is 229 g/mol. The van der Waals surface area contributed by atoms with Gasteiger partial charge in [0.05, 0.1) is 5.60 Å². The highest BCUT2D eigenvalue weighted by atomic mass is 16.4. The van der Waals surface area contributed by atoms with E-state index in [0.717, 1.165) is 13.0 Å². The molecule has 1 atom stereocenters. The van der Waals surface area contributed by atoms with Gasteiger partial charge in [-0.3, -0.25) is 9.69 Å². The van der Waals surface area contributed by atoms with Gasteiger partial charge in [-0.25, -0.2) is 0 Å². The van der Waals surface area contributed by atoms with Crippen molar-refractivity contribution in [2.75, 3.05) is 13.1 Å². The Bertz CT molecular complexity index is 263. The molecule has 0 radical (unpaired) electrons. The summed E-state index contributed by atoms with van der Waals surface area (Å²) < 4.78 is 0. The molecule has 0 aromatic heterocycles. The molecule has 16 heavy (non-hydrogen) atoms. The van der Waals surface area contributed by atoms with E-state index in [9.17, 15) is 15.0 Å². The first kappa shape index (κ1) is 13.5. The minimum Gasteiger partial charge on any atom is -0.480 e. The second-order valence-electron chi connectivity index (χ2n) is 5.04. The second-order valence-corrected chi connectivity index (χ2v) is 5.04. The van der Waals surface area contributed by atoms with Crippen LogP contribution in [0.15, 0.2) is 0 Å². The van der Waals surface area contributed by atoms with E-state index in [1.54, 1.807) is 6.92 Å². The van der Waals surface area contributed by atoms with E-state index in [0.29, 0.717) is 25.8 Å². The molecule has 1 heterocycles. The van der Waals surface area contributed by atoms with Crippen molar-refractivity contribution >= 4 is 5.97 Å². The van der Waals surface area contributed by atoms with Crippen molar-refractivity contribution in [1.29, 1.82) is 0 Å². The van der Waals surface area contributed by atoms with Gasteiger partial charge in [0.2, 0.25) is 0 Å². The topological polar surface area (TPSA) is 60.8 Å². The van der Waals surface area contributed by atoms with Crippen LogP contribution >= 0.6 is 0 Å². The Morgan fingerprint density at radius 3 is 2.44 bits per heavy atom. The Hall–Kier alpha value is -0.610. The highest BCUT2D eigenvalue weighted by Crippen LogP contribution is 2.31. The number of aliphatic hydroxyl groups is 1. The van der Waals surface area contributed by atoms with Crippen molar-refractivity contribution in [3.63, 3.8) is 0 Å². The molecule has 0 saturated carbocycles. The zero-order valence-electron chi connectivity index (χ0n) is 10.5. The number of carbonyl (C=O) groups is 1. The van der Waals surface area contributed by atoms with Crippen LogP contribution in [0.1, 0.15) is 46.5 Å². The van der Waals surface area contributed by atoms with Gasteiger partial charge < -0.3 is 10.2 Å². The molecule has 2 N–H and O–H groups in total. The molecule has 0 bridgehead atoms.